The molecule has 0 aliphatic carbocycles. The first-order valence-corrected chi connectivity index (χ1v) is 7.31. The minimum atomic E-state index is -0.999. The zero-order valence-corrected chi connectivity index (χ0v) is 12.6. The molecule has 0 bridgehead atoms. The molecule has 0 fully saturated rings. The predicted octanol–water partition coefficient (Wildman–Crippen LogP) is 4.03. The molecule has 3 nitrogen and oxygen atoms in total. The topological polar surface area (TPSA) is 46.5 Å². The van der Waals surface area contributed by atoms with Crippen molar-refractivity contribution in [3.63, 3.8) is 0 Å². The number of aliphatic carboxylic acids is 1. The van der Waals surface area contributed by atoms with Crippen molar-refractivity contribution < 1.29 is 19.0 Å². The number of alkyl halides is 1. The summed E-state index contributed by atoms with van der Waals surface area (Å²) in [4.78, 5) is 10.6. The monoisotopic (exact) mass is 322 g/mol. The van der Waals surface area contributed by atoms with E-state index in [9.17, 15) is 9.18 Å². The van der Waals surface area contributed by atoms with Gasteiger partial charge in [-0.2, -0.15) is 0 Å². The highest BCUT2D eigenvalue weighted by atomic mass is 35.5. The van der Waals surface area contributed by atoms with E-state index in [-0.39, 0.29) is 5.82 Å². The second kappa shape index (κ2) is 7.80. The maximum absolute atomic E-state index is 12.8. The van der Waals surface area contributed by atoms with Gasteiger partial charge in [-0.25, -0.2) is 4.39 Å². The number of carboxylic acids is 1. The van der Waals surface area contributed by atoms with E-state index in [0.717, 1.165) is 11.1 Å². The molecule has 0 saturated carbocycles. The van der Waals surface area contributed by atoms with Crippen LogP contribution in [0.25, 0.3) is 0 Å². The molecule has 0 aliphatic rings. The minimum Gasteiger partial charge on any atom is -0.489 e. The van der Waals surface area contributed by atoms with Gasteiger partial charge >= 0.3 is 5.97 Å². The van der Waals surface area contributed by atoms with Gasteiger partial charge < -0.3 is 9.84 Å². The van der Waals surface area contributed by atoms with Crippen molar-refractivity contribution in [2.75, 3.05) is 0 Å². The van der Waals surface area contributed by atoms with Crippen LogP contribution in [-0.4, -0.2) is 16.5 Å². The number of benzene rings is 2. The van der Waals surface area contributed by atoms with Gasteiger partial charge in [-0.1, -0.05) is 24.3 Å². The molecule has 116 valence electrons. The van der Waals surface area contributed by atoms with Crippen LogP contribution >= 0.6 is 11.6 Å². The molecule has 0 heterocycles. The van der Waals surface area contributed by atoms with Gasteiger partial charge in [0.05, 0.1) is 0 Å². The van der Waals surface area contributed by atoms with Crippen molar-refractivity contribution in [3.05, 3.63) is 65.5 Å². The van der Waals surface area contributed by atoms with Crippen LogP contribution in [-0.2, 0) is 17.8 Å². The fraction of sp³-hybridized carbons (Fsp3) is 0.235. The van der Waals surface area contributed by atoms with Gasteiger partial charge in [0.15, 0.2) is 0 Å². The lowest BCUT2D eigenvalue weighted by atomic mass is 10.1. The van der Waals surface area contributed by atoms with Gasteiger partial charge in [0.1, 0.15) is 23.6 Å². The van der Waals surface area contributed by atoms with E-state index in [1.54, 1.807) is 12.1 Å². The van der Waals surface area contributed by atoms with Crippen LogP contribution in [0, 0.1) is 5.82 Å². The Balaban J connectivity index is 1.83. The summed E-state index contributed by atoms with van der Waals surface area (Å²) < 4.78 is 18.4. The van der Waals surface area contributed by atoms with Crippen LogP contribution in [0.5, 0.6) is 5.75 Å². The fourth-order valence-electron chi connectivity index (χ4n) is 1.92. The molecule has 1 unspecified atom stereocenters. The molecule has 2 aromatic carbocycles. The molecule has 2 aromatic rings. The van der Waals surface area contributed by atoms with E-state index in [0.29, 0.717) is 25.2 Å². The van der Waals surface area contributed by atoms with Crippen LogP contribution in [0.2, 0.25) is 0 Å². The molecule has 2 rings (SSSR count). The number of carbonyl (C=O) groups is 1. The minimum absolute atomic E-state index is 0.271. The Labute approximate surface area is 133 Å². The quantitative estimate of drug-likeness (QED) is 0.783. The van der Waals surface area contributed by atoms with Crippen LogP contribution in [0.15, 0.2) is 48.5 Å². The van der Waals surface area contributed by atoms with Crippen LogP contribution in [0.3, 0.4) is 0 Å². The lowest BCUT2D eigenvalue weighted by Gasteiger charge is -2.08. The van der Waals surface area contributed by atoms with E-state index < -0.39 is 11.3 Å². The maximum Gasteiger partial charge on any atom is 0.321 e. The van der Waals surface area contributed by atoms with Gasteiger partial charge in [0.2, 0.25) is 0 Å². The third-order valence-corrected chi connectivity index (χ3v) is 3.60. The number of ether oxygens (including phenoxy) is 1. The highest BCUT2D eigenvalue weighted by molar-refractivity contribution is 6.29. The average Bonchev–Trinajstić information content (AvgIpc) is 2.53. The van der Waals surface area contributed by atoms with Gasteiger partial charge in [0.25, 0.3) is 0 Å². The SMILES string of the molecule is O=C(O)C(Cl)CCc1ccc(OCc2ccc(F)cc2)cc1. The number of halogens is 2. The Morgan fingerprint density at radius 2 is 1.68 bits per heavy atom. The summed E-state index contributed by atoms with van der Waals surface area (Å²) >= 11 is 5.67. The molecule has 0 aromatic heterocycles. The maximum atomic E-state index is 12.8. The molecule has 0 saturated heterocycles. The normalized spacial score (nSPS) is 11.9. The highest BCUT2D eigenvalue weighted by Crippen LogP contribution is 2.17. The van der Waals surface area contributed by atoms with Crippen molar-refractivity contribution >= 4 is 17.6 Å². The first-order chi connectivity index (χ1) is 10.5. The van der Waals surface area contributed by atoms with E-state index >= 15 is 0 Å². The second-order valence-electron chi connectivity index (χ2n) is 4.90. The molecule has 0 aliphatic heterocycles. The summed E-state index contributed by atoms with van der Waals surface area (Å²) in [5.41, 5.74) is 1.89. The number of hydrogen-bond acceptors (Lipinski definition) is 2. The van der Waals surface area contributed by atoms with E-state index in [2.05, 4.69) is 0 Å². The summed E-state index contributed by atoms with van der Waals surface area (Å²) in [5.74, 6) is -0.568. The van der Waals surface area contributed by atoms with Crippen molar-refractivity contribution in [2.45, 2.75) is 24.8 Å². The third-order valence-electron chi connectivity index (χ3n) is 3.20. The van der Waals surface area contributed by atoms with Gasteiger partial charge in [-0.15, -0.1) is 11.6 Å². The van der Waals surface area contributed by atoms with E-state index in [1.807, 2.05) is 24.3 Å². The zero-order valence-electron chi connectivity index (χ0n) is 11.8. The Bertz CT molecular complexity index is 611. The summed E-state index contributed by atoms with van der Waals surface area (Å²) in [6.45, 7) is 0.363. The Hall–Kier alpha value is -2.07. The number of aryl methyl sites for hydroxylation is 1. The lowest BCUT2D eigenvalue weighted by Crippen LogP contribution is -2.13. The van der Waals surface area contributed by atoms with Crippen LogP contribution in [0.4, 0.5) is 4.39 Å². The number of carboxylic acid groups (broad SMARTS) is 1. The molecule has 22 heavy (non-hydrogen) atoms. The molecule has 0 spiro atoms. The summed E-state index contributed by atoms with van der Waals surface area (Å²) in [6, 6.07) is 13.6. The summed E-state index contributed by atoms with van der Waals surface area (Å²) in [5, 5.41) is 7.86. The molecular formula is C17H16ClFO3. The highest BCUT2D eigenvalue weighted by Gasteiger charge is 2.12. The van der Waals surface area contributed by atoms with Crippen LogP contribution < -0.4 is 4.74 Å². The fourth-order valence-corrected chi connectivity index (χ4v) is 2.03. The summed E-state index contributed by atoms with van der Waals surface area (Å²) in [6.07, 6.45) is 0.978. The molecule has 1 N–H and O–H groups in total. The summed E-state index contributed by atoms with van der Waals surface area (Å²) in [7, 11) is 0. The molecular weight excluding hydrogens is 307 g/mol. The third kappa shape index (κ3) is 5.04. The first-order valence-electron chi connectivity index (χ1n) is 6.87. The standard InChI is InChI=1S/C17H16ClFO3/c18-16(17(20)21)10-5-12-3-8-15(9-4-12)22-11-13-1-6-14(19)7-2-13/h1-4,6-9,16H,5,10-11H2,(H,20,21). The van der Waals surface area contributed by atoms with E-state index in [1.165, 1.54) is 12.1 Å². The Kier molecular flexibility index (Phi) is 5.78. The Morgan fingerprint density at radius 1 is 1.09 bits per heavy atom. The molecule has 1 atom stereocenters. The molecule has 5 heteroatoms. The average molecular weight is 323 g/mol. The Morgan fingerprint density at radius 3 is 2.27 bits per heavy atom. The smallest absolute Gasteiger partial charge is 0.321 e. The second-order valence-corrected chi connectivity index (χ2v) is 5.43. The van der Waals surface area contributed by atoms with Crippen molar-refractivity contribution in [3.8, 4) is 5.75 Å². The van der Waals surface area contributed by atoms with Crippen molar-refractivity contribution in [2.24, 2.45) is 0 Å². The first kappa shape index (κ1) is 16.3. The number of hydrogen-bond donors (Lipinski definition) is 1. The van der Waals surface area contributed by atoms with Gasteiger partial charge in [-0.05, 0) is 48.2 Å². The predicted molar refractivity (Wildman–Crippen MR) is 82.8 cm³/mol. The largest absolute Gasteiger partial charge is 0.489 e. The number of rotatable bonds is 7. The van der Waals surface area contributed by atoms with E-state index in [4.69, 9.17) is 21.4 Å². The molecule has 0 amide bonds. The molecule has 0 radical (unpaired) electrons. The zero-order chi connectivity index (χ0) is 15.9. The van der Waals surface area contributed by atoms with Crippen molar-refractivity contribution in [1.29, 1.82) is 0 Å². The van der Waals surface area contributed by atoms with Gasteiger partial charge in [0, 0.05) is 0 Å². The van der Waals surface area contributed by atoms with Gasteiger partial charge in [-0.3, -0.25) is 4.79 Å². The van der Waals surface area contributed by atoms with Crippen molar-refractivity contribution in [1.82, 2.24) is 0 Å². The lowest BCUT2D eigenvalue weighted by molar-refractivity contribution is -0.136. The van der Waals surface area contributed by atoms with Crippen LogP contribution in [0.1, 0.15) is 17.5 Å².